The van der Waals surface area contributed by atoms with Crippen LogP contribution in [-0.2, 0) is 11.2 Å². The minimum Gasteiger partial charge on any atom is -0.339 e. The highest BCUT2D eigenvalue weighted by Gasteiger charge is 2.33. The Kier molecular flexibility index (Phi) is 4.83. The van der Waals surface area contributed by atoms with Crippen LogP contribution in [-0.4, -0.2) is 67.6 Å². The molecule has 2 fully saturated rings. The molecule has 0 N–H and O–H groups in total. The molecule has 2 aliphatic rings. The van der Waals surface area contributed by atoms with Crippen LogP contribution in [0.5, 0.6) is 0 Å². The van der Waals surface area contributed by atoms with E-state index in [1.54, 1.807) is 17.9 Å². The first kappa shape index (κ1) is 17.6. The average Bonchev–Trinajstić information content (AvgIpc) is 3.23. The van der Waals surface area contributed by atoms with Crippen molar-refractivity contribution < 1.29 is 14.1 Å². The third-order valence-electron chi connectivity index (χ3n) is 5.11. The fourth-order valence-corrected chi connectivity index (χ4v) is 3.46. The molecule has 1 aliphatic carbocycles. The molecule has 0 bridgehead atoms. The number of rotatable bonds is 6. The second kappa shape index (κ2) is 7.42. The van der Waals surface area contributed by atoms with Crippen molar-refractivity contribution in [2.75, 3.05) is 19.6 Å². The summed E-state index contributed by atoms with van der Waals surface area (Å²) >= 11 is 0. The van der Waals surface area contributed by atoms with Crippen molar-refractivity contribution in [3.05, 3.63) is 35.7 Å². The fraction of sp³-hybridized carbons (Fsp3) is 0.556. The maximum atomic E-state index is 12.6. The van der Waals surface area contributed by atoms with E-state index >= 15 is 0 Å². The number of hydrogen-bond donors (Lipinski definition) is 0. The van der Waals surface area contributed by atoms with Crippen LogP contribution in [0.2, 0.25) is 0 Å². The van der Waals surface area contributed by atoms with E-state index in [1.807, 2.05) is 4.90 Å². The van der Waals surface area contributed by atoms with Crippen LogP contribution in [0.25, 0.3) is 0 Å². The lowest BCUT2D eigenvalue weighted by Crippen LogP contribution is -2.42. The van der Waals surface area contributed by atoms with Gasteiger partial charge in [0.1, 0.15) is 0 Å². The predicted octanol–water partition coefficient (Wildman–Crippen LogP) is 1.04. The number of amides is 2. The van der Waals surface area contributed by atoms with E-state index in [1.165, 1.54) is 12.4 Å². The van der Waals surface area contributed by atoms with E-state index in [4.69, 9.17) is 4.52 Å². The Morgan fingerprint density at radius 2 is 2.15 bits per heavy atom. The van der Waals surface area contributed by atoms with Crippen LogP contribution in [0.3, 0.4) is 0 Å². The Morgan fingerprint density at radius 3 is 2.85 bits per heavy atom. The highest BCUT2D eigenvalue weighted by Crippen LogP contribution is 2.38. The van der Waals surface area contributed by atoms with Crippen LogP contribution >= 0.6 is 0 Å². The van der Waals surface area contributed by atoms with Crippen molar-refractivity contribution >= 4 is 11.8 Å². The normalized spacial score (nSPS) is 19.3. The zero-order valence-electron chi connectivity index (χ0n) is 15.2. The molecule has 2 aromatic rings. The maximum Gasteiger partial charge on any atom is 0.255 e. The standard InChI is InChI=1S/C18H22N6O3/c1-12(25)24(9-6-16-21-17(27-22-16)13-2-3-13)15-5-8-23(11-15)18(26)14-4-7-19-20-10-14/h4,7,10,13,15H,2-3,5-6,8-9,11H2,1H3. The molecule has 0 radical (unpaired) electrons. The Morgan fingerprint density at radius 1 is 1.30 bits per heavy atom. The van der Waals surface area contributed by atoms with Crippen molar-refractivity contribution in [3.63, 3.8) is 0 Å². The molecule has 2 amide bonds. The average molecular weight is 370 g/mol. The van der Waals surface area contributed by atoms with Crippen LogP contribution in [0.1, 0.15) is 54.2 Å². The predicted molar refractivity (Wildman–Crippen MR) is 93.7 cm³/mol. The first-order valence-electron chi connectivity index (χ1n) is 9.27. The molecular weight excluding hydrogens is 348 g/mol. The minimum atomic E-state index is -0.0804. The van der Waals surface area contributed by atoms with Crippen LogP contribution in [0.4, 0.5) is 0 Å². The van der Waals surface area contributed by atoms with Crippen molar-refractivity contribution in [2.45, 2.75) is 44.6 Å². The molecule has 1 saturated carbocycles. The van der Waals surface area contributed by atoms with E-state index in [0.717, 1.165) is 19.3 Å². The summed E-state index contributed by atoms with van der Waals surface area (Å²) in [5.41, 5.74) is 0.513. The van der Waals surface area contributed by atoms with Crippen LogP contribution in [0.15, 0.2) is 23.0 Å². The molecule has 0 aromatic carbocycles. The molecule has 3 heterocycles. The molecular formula is C18H22N6O3. The lowest BCUT2D eigenvalue weighted by Gasteiger charge is -2.27. The number of carbonyl (C=O) groups is 2. The maximum absolute atomic E-state index is 12.6. The quantitative estimate of drug-likeness (QED) is 0.748. The lowest BCUT2D eigenvalue weighted by atomic mass is 10.2. The smallest absolute Gasteiger partial charge is 0.255 e. The van der Waals surface area contributed by atoms with Crippen molar-refractivity contribution in [1.29, 1.82) is 0 Å². The van der Waals surface area contributed by atoms with Gasteiger partial charge in [0.25, 0.3) is 5.91 Å². The minimum absolute atomic E-state index is 0.00366. The van der Waals surface area contributed by atoms with Gasteiger partial charge in [-0.1, -0.05) is 5.16 Å². The molecule has 27 heavy (non-hydrogen) atoms. The van der Waals surface area contributed by atoms with Gasteiger partial charge in [0, 0.05) is 38.9 Å². The van der Waals surface area contributed by atoms with Gasteiger partial charge in [-0.25, -0.2) is 0 Å². The molecule has 2 aromatic heterocycles. The van der Waals surface area contributed by atoms with Crippen molar-refractivity contribution in [1.82, 2.24) is 30.1 Å². The van der Waals surface area contributed by atoms with Crippen LogP contribution < -0.4 is 0 Å². The first-order valence-corrected chi connectivity index (χ1v) is 9.27. The largest absolute Gasteiger partial charge is 0.339 e. The Balaban J connectivity index is 1.36. The van der Waals surface area contributed by atoms with E-state index < -0.39 is 0 Å². The zero-order chi connectivity index (χ0) is 18.8. The summed E-state index contributed by atoms with van der Waals surface area (Å²) in [7, 11) is 0. The lowest BCUT2D eigenvalue weighted by molar-refractivity contribution is -0.130. The summed E-state index contributed by atoms with van der Waals surface area (Å²) in [5, 5.41) is 11.5. The Labute approximate surface area is 156 Å². The van der Waals surface area contributed by atoms with Crippen molar-refractivity contribution in [3.8, 4) is 0 Å². The van der Waals surface area contributed by atoms with Gasteiger partial charge in [0.05, 0.1) is 24.0 Å². The second-order valence-corrected chi connectivity index (χ2v) is 7.11. The van der Waals surface area contributed by atoms with E-state index in [2.05, 4.69) is 20.3 Å². The number of aromatic nitrogens is 4. The van der Waals surface area contributed by atoms with Crippen LogP contribution in [0, 0.1) is 0 Å². The molecule has 1 unspecified atom stereocenters. The van der Waals surface area contributed by atoms with Gasteiger partial charge in [-0.3, -0.25) is 9.59 Å². The Bertz CT molecular complexity index is 820. The van der Waals surface area contributed by atoms with Gasteiger partial charge in [-0.05, 0) is 25.3 Å². The second-order valence-electron chi connectivity index (χ2n) is 7.11. The van der Waals surface area contributed by atoms with Gasteiger partial charge in [-0.2, -0.15) is 15.2 Å². The summed E-state index contributed by atoms with van der Waals surface area (Å²) in [6.07, 6.45) is 6.49. The molecule has 9 heteroatoms. The van der Waals surface area contributed by atoms with E-state index in [0.29, 0.717) is 49.3 Å². The number of hydrogen-bond acceptors (Lipinski definition) is 7. The SMILES string of the molecule is CC(=O)N(CCc1noc(C2CC2)n1)C1CCN(C(=O)c2ccnnc2)C1. The summed E-state index contributed by atoms with van der Waals surface area (Å²) < 4.78 is 5.28. The summed E-state index contributed by atoms with van der Waals surface area (Å²) in [5.74, 6) is 1.68. The van der Waals surface area contributed by atoms with E-state index in [-0.39, 0.29) is 17.9 Å². The topological polar surface area (TPSA) is 105 Å². The van der Waals surface area contributed by atoms with Gasteiger partial charge in [0.15, 0.2) is 5.82 Å². The molecule has 1 saturated heterocycles. The van der Waals surface area contributed by atoms with Gasteiger partial charge in [0.2, 0.25) is 11.8 Å². The van der Waals surface area contributed by atoms with Crippen molar-refractivity contribution in [2.24, 2.45) is 0 Å². The first-order chi connectivity index (χ1) is 13.1. The molecule has 0 spiro atoms. The van der Waals surface area contributed by atoms with Gasteiger partial charge in [-0.15, -0.1) is 0 Å². The fourth-order valence-electron chi connectivity index (χ4n) is 3.46. The third kappa shape index (κ3) is 3.96. The van der Waals surface area contributed by atoms with E-state index in [9.17, 15) is 9.59 Å². The Hall–Kier alpha value is -2.84. The summed E-state index contributed by atoms with van der Waals surface area (Å²) in [6, 6.07) is 1.65. The molecule has 1 aliphatic heterocycles. The molecule has 9 nitrogen and oxygen atoms in total. The highest BCUT2D eigenvalue weighted by molar-refractivity contribution is 5.94. The number of nitrogens with zero attached hydrogens (tertiary/aromatic N) is 6. The molecule has 1 atom stereocenters. The number of likely N-dealkylation sites (tertiary alicyclic amines) is 1. The summed E-state index contributed by atoms with van der Waals surface area (Å²) in [4.78, 5) is 32.7. The van der Waals surface area contributed by atoms with Gasteiger partial charge >= 0.3 is 0 Å². The molecule has 4 rings (SSSR count). The number of carbonyl (C=O) groups excluding carboxylic acids is 2. The highest BCUT2D eigenvalue weighted by atomic mass is 16.5. The monoisotopic (exact) mass is 370 g/mol. The zero-order valence-corrected chi connectivity index (χ0v) is 15.2. The van der Waals surface area contributed by atoms with Gasteiger partial charge < -0.3 is 14.3 Å². The third-order valence-corrected chi connectivity index (χ3v) is 5.11. The summed E-state index contributed by atoms with van der Waals surface area (Å²) in [6.45, 7) is 3.20. The molecule has 142 valence electrons.